The second-order valence-electron chi connectivity index (χ2n) is 7.39. The molecule has 2 aliphatic heterocycles. The average molecular weight is 431 g/mol. The van der Waals surface area contributed by atoms with Gasteiger partial charge in [0.05, 0.1) is 4.53 Å². The molecule has 4 heterocycles. The molecular formula is C23H17N3O4S. The largest absolute Gasteiger partial charge is 0.485 e. The number of para-hydroxylation sites is 3. The Hall–Kier alpha value is -3.65. The van der Waals surface area contributed by atoms with E-state index in [1.807, 2.05) is 61.5 Å². The van der Waals surface area contributed by atoms with Gasteiger partial charge in [-0.3, -0.25) is 4.79 Å². The van der Waals surface area contributed by atoms with E-state index in [4.69, 9.17) is 14.2 Å². The fourth-order valence-corrected chi connectivity index (χ4v) is 4.62. The standard InChI is InChI=1S/C23H17N3O4S/c1-13-15(10-14-6-2-3-7-16(14)29-13)11-20-22(27)26-23(31-20)24-21(25-26)19-12-28-17-8-4-5-9-18(17)30-19/h2-11,13,19H,12H2,1H3. The minimum absolute atomic E-state index is 0.153. The second kappa shape index (κ2) is 6.95. The van der Waals surface area contributed by atoms with Crippen LogP contribution in [0.15, 0.2) is 58.9 Å². The number of nitrogens with zero attached hydrogens (tertiary/aromatic N) is 3. The van der Waals surface area contributed by atoms with Crippen molar-refractivity contribution in [2.75, 3.05) is 6.61 Å². The van der Waals surface area contributed by atoms with Crippen molar-refractivity contribution in [3.63, 3.8) is 0 Å². The van der Waals surface area contributed by atoms with Crippen LogP contribution in [-0.4, -0.2) is 27.3 Å². The zero-order chi connectivity index (χ0) is 20.9. The molecule has 8 heteroatoms. The molecule has 2 aromatic carbocycles. The molecule has 0 N–H and O–H groups in total. The Morgan fingerprint density at radius 2 is 1.84 bits per heavy atom. The summed E-state index contributed by atoms with van der Waals surface area (Å²) in [4.78, 5) is 18.0. The number of thiazole rings is 1. The van der Waals surface area contributed by atoms with Crippen molar-refractivity contribution < 1.29 is 14.2 Å². The summed E-state index contributed by atoms with van der Waals surface area (Å²) < 4.78 is 19.6. The number of hydrogen-bond donors (Lipinski definition) is 0. The van der Waals surface area contributed by atoms with Crippen LogP contribution in [0.5, 0.6) is 17.2 Å². The fraction of sp³-hybridized carbons (Fsp3) is 0.174. The number of ether oxygens (including phenoxy) is 3. The lowest BCUT2D eigenvalue weighted by atomic mass is 10.0. The van der Waals surface area contributed by atoms with Crippen LogP contribution in [0.4, 0.5) is 0 Å². The van der Waals surface area contributed by atoms with Gasteiger partial charge in [0, 0.05) is 5.56 Å². The molecule has 7 nitrogen and oxygen atoms in total. The highest BCUT2D eigenvalue weighted by Gasteiger charge is 2.27. The third-order valence-electron chi connectivity index (χ3n) is 5.31. The van der Waals surface area contributed by atoms with Crippen molar-refractivity contribution in [3.05, 3.63) is 80.4 Å². The Labute approximate surface area is 180 Å². The summed E-state index contributed by atoms with van der Waals surface area (Å²) in [6.07, 6.45) is 3.30. The predicted octanol–water partition coefficient (Wildman–Crippen LogP) is 3.03. The van der Waals surface area contributed by atoms with E-state index < -0.39 is 6.10 Å². The zero-order valence-electron chi connectivity index (χ0n) is 16.5. The smallest absolute Gasteiger partial charge is 0.291 e. The summed E-state index contributed by atoms with van der Waals surface area (Å²) in [5.41, 5.74) is 1.72. The molecule has 31 heavy (non-hydrogen) atoms. The molecule has 0 radical (unpaired) electrons. The first-order chi connectivity index (χ1) is 15.2. The van der Waals surface area contributed by atoms with Gasteiger partial charge in [-0.05, 0) is 42.8 Å². The molecule has 6 rings (SSSR count). The van der Waals surface area contributed by atoms with Crippen LogP contribution < -0.4 is 24.3 Å². The maximum Gasteiger partial charge on any atom is 0.291 e. The molecular weight excluding hydrogens is 414 g/mol. The molecule has 4 aromatic rings. The second-order valence-corrected chi connectivity index (χ2v) is 8.40. The van der Waals surface area contributed by atoms with E-state index in [-0.39, 0.29) is 11.7 Å². The van der Waals surface area contributed by atoms with Crippen LogP contribution in [0.3, 0.4) is 0 Å². The monoisotopic (exact) mass is 431 g/mol. The molecule has 0 bridgehead atoms. The summed E-state index contributed by atoms with van der Waals surface area (Å²) in [6.45, 7) is 2.26. The van der Waals surface area contributed by atoms with Crippen LogP contribution in [0.25, 0.3) is 17.1 Å². The van der Waals surface area contributed by atoms with Crippen LogP contribution in [-0.2, 0) is 0 Å². The van der Waals surface area contributed by atoms with Gasteiger partial charge >= 0.3 is 0 Å². The van der Waals surface area contributed by atoms with Crippen molar-refractivity contribution in [3.8, 4) is 17.2 Å². The van der Waals surface area contributed by atoms with Crippen molar-refractivity contribution >= 4 is 28.4 Å². The molecule has 0 saturated heterocycles. The van der Waals surface area contributed by atoms with Gasteiger partial charge in [-0.15, -0.1) is 5.10 Å². The van der Waals surface area contributed by atoms with Gasteiger partial charge in [0.15, 0.2) is 23.4 Å². The Kier molecular flexibility index (Phi) is 4.07. The lowest BCUT2D eigenvalue weighted by molar-refractivity contribution is 0.0852. The summed E-state index contributed by atoms with van der Waals surface area (Å²) in [5, 5.41) is 4.41. The first kappa shape index (κ1) is 18.1. The first-order valence-electron chi connectivity index (χ1n) is 9.93. The van der Waals surface area contributed by atoms with E-state index >= 15 is 0 Å². The molecule has 154 valence electrons. The Bertz CT molecular complexity index is 1460. The van der Waals surface area contributed by atoms with E-state index in [0.717, 1.165) is 16.9 Å². The van der Waals surface area contributed by atoms with Crippen LogP contribution in [0.1, 0.15) is 24.4 Å². The average Bonchev–Trinajstić information content (AvgIpc) is 3.33. The van der Waals surface area contributed by atoms with E-state index in [1.165, 1.54) is 15.9 Å². The van der Waals surface area contributed by atoms with Gasteiger partial charge in [-0.1, -0.05) is 41.7 Å². The van der Waals surface area contributed by atoms with Gasteiger partial charge in [0.2, 0.25) is 4.96 Å². The van der Waals surface area contributed by atoms with Crippen LogP contribution in [0.2, 0.25) is 0 Å². The normalized spacial score (nSPS) is 20.3. The molecule has 0 aliphatic carbocycles. The quantitative estimate of drug-likeness (QED) is 0.486. The summed E-state index contributed by atoms with van der Waals surface area (Å²) in [7, 11) is 0. The molecule has 0 fully saturated rings. The summed E-state index contributed by atoms with van der Waals surface area (Å²) in [6, 6.07) is 15.3. The third-order valence-corrected chi connectivity index (χ3v) is 6.27. The van der Waals surface area contributed by atoms with Crippen LogP contribution in [0, 0.1) is 0 Å². The number of benzene rings is 2. The molecule has 2 unspecified atom stereocenters. The molecule has 2 aliphatic rings. The summed E-state index contributed by atoms with van der Waals surface area (Å²) >= 11 is 1.30. The SMILES string of the molecule is CC1Oc2ccccc2C=C1C=c1sc2nc(C3COc4ccccc4O3)nn2c1=O. The van der Waals surface area contributed by atoms with Crippen molar-refractivity contribution in [1.82, 2.24) is 14.6 Å². The lowest BCUT2D eigenvalue weighted by Crippen LogP contribution is -2.27. The molecule has 0 saturated carbocycles. The topological polar surface area (TPSA) is 74.9 Å². The maximum absolute atomic E-state index is 12.9. The summed E-state index contributed by atoms with van der Waals surface area (Å²) in [5.74, 6) is 2.62. The number of rotatable bonds is 2. The number of fused-ring (bicyclic) bond motifs is 3. The van der Waals surface area contributed by atoms with Crippen molar-refractivity contribution in [2.45, 2.75) is 19.1 Å². The Balaban J connectivity index is 1.35. The Morgan fingerprint density at radius 3 is 2.68 bits per heavy atom. The first-order valence-corrected chi connectivity index (χ1v) is 10.7. The van der Waals surface area contributed by atoms with Gasteiger partial charge in [0.25, 0.3) is 5.56 Å². The molecule has 0 spiro atoms. The number of hydrogen-bond acceptors (Lipinski definition) is 7. The maximum atomic E-state index is 12.9. The van der Waals surface area contributed by atoms with Crippen molar-refractivity contribution in [2.24, 2.45) is 0 Å². The van der Waals surface area contributed by atoms with Gasteiger partial charge < -0.3 is 14.2 Å². The van der Waals surface area contributed by atoms with E-state index in [9.17, 15) is 4.79 Å². The number of aromatic nitrogens is 3. The fourth-order valence-electron chi connectivity index (χ4n) is 3.70. The highest BCUT2D eigenvalue weighted by atomic mass is 32.1. The van der Waals surface area contributed by atoms with E-state index in [0.29, 0.717) is 33.4 Å². The molecule has 2 aromatic heterocycles. The molecule has 0 amide bonds. The van der Waals surface area contributed by atoms with Gasteiger partial charge in [-0.25, -0.2) is 0 Å². The minimum atomic E-state index is -0.459. The molecule has 2 atom stereocenters. The van der Waals surface area contributed by atoms with Crippen LogP contribution >= 0.6 is 11.3 Å². The Morgan fingerprint density at radius 1 is 1.06 bits per heavy atom. The highest BCUT2D eigenvalue weighted by Crippen LogP contribution is 2.35. The lowest BCUT2D eigenvalue weighted by Gasteiger charge is -2.24. The zero-order valence-corrected chi connectivity index (χ0v) is 17.3. The van der Waals surface area contributed by atoms with Crippen molar-refractivity contribution in [1.29, 1.82) is 0 Å². The van der Waals surface area contributed by atoms with E-state index in [1.54, 1.807) is 0 Å². The highest BCUT2D eigenvalue weighted by molar-refractivity contribution is 7.15. The van der Waals surface area contributed by atoms with E-state index in [2.05, 4.69) is 16.2 Å². The predicted molar refractivity (Wildman–Crippen MR) is 117 cm³/mol. The van der Waals surface area contributed by atoms with Gasteiger partial charge in [0.1, 0.15) is 18.5 Å². The third kappa shape index (κ3) is 3.07. The minimum Gasteiger partial charge on any atom is -0.485 e. The van der Waals surface area contributed by atoms with Gasteiger partial charge in [-0.2, -0.15) is 9.50 Å².